The first-order chi connectivity index (χ1) is 10.2. The molecule has 4 heteroatoms. The highest BCUT2D eigenvalue weighted by atomic mass is 16.1. The maximum atomic E-state index is 11.8. The van der Waals surface area contributed by atoms with Crippen molar-refractivity contribution < 1.29 is 4.79 Å². The lowest BCUT2D eigenvalue weighted by atomic mass is 10.1. The van der Waals surface area contributed by atoms with Crippen LogP contribution >= 0.6 is 0 Å². The van der Waals surface area contributed by atoms with Crippen LogP contribution < -0.4 is 16.4 Å². The van der Waals surface area contributed by atoms with Crippen LogP contribution in [0.4, 0.5) is 17.1 Å². The van der Waals surface area contributed by atoms with Gasteiger partial charge in [0.05, 0.1) is 11.4 Å². The highest BCUT2D eigenvalue weighted by Gasteiger charge is 2.08. The second kappa shape index (κ2) is 6.79. The number of hydrogen-bond donors (Lipinski definition) is 3. The molecule has 0 saturated heterocycles. The molecule has 0 atom stereocenters. The number of carbonyl (C=O) groups is 1. The molecule has 0 heterocycles. The maximum Gasteiger partial charge on any atom is 0.251 e. The third-order valence-electron chi connectivity index (χ3n) is 3.32. The topological polar surface area (TPSA) is 67.2 Å². The standard InChI is InChI=1S/C17H21N3O/c1-3-12-7-5-6-8-15(12)20-16-10-9-13(11-14(16)18)17(21)19-4-2/h5-11,20H,3-4,18H2,1-2H3,(H,19,21). The van der Waals surface area contributed by atoms with Gasteiger partial charge in [0.25, 0.3) is 5.91 Å². The molecule has 0 unspecified atom stereocenters. The average molecular weight is 283 g/mol. The van der Waals surface area contributed by atoms with Crippen LogP contribution in [0.5, 0.6) is 0 Å². The summed E-state index contributed by atoms with van der Waals surface area (Å²) in [4.78, 5) is 11.8. The van der Waals surface area contributed by atoms with Crippen LogP contribution in [0.25, 0.3) is 0 Å². The first-order valence-electron chi connectivity index (χ1n) is 7.18. The molecule has 21 heavy (non-hydrogen) atoms. The maximum absolute atomic E-state index is 11.8. The van der Waals surface area contributed by atoms with Gasteiger partial charge in [0.15, 0.2) is 0 Å². The molecule has 0 aliphatic rings. The minimum atomic E-state index is -0.107. The summed E-state index contributed by atoms with van der Waals surface area (Å²) >= 11 is 0. The number of hydrogen-bond acceptors (Lipinski definition) is 3. The van der Waals surface area contributed by atoms with Gasteiger partial charge in [0, 0.05) is 17.8 Å². The molecule has 2 aromatic carbocycles. The Hall–Kier alpha value is -2.49. The van der Waals surface area contributed by atoms with Crippen molar-refractivity contribution in [2.45, 2.75) is 20.3 Å². The van der Waals surface area contributed by atoms with Crippen molar-refractivity contribution in [1.82, 2.24) is 5.32 Å². The zero-order valence-electron chi connectivity index (χ0n) is 12.4. The number of nitrogens with two attached hydrogens (primary N) is 1. The van der Waals surface area contributed by atoms with Crippen molar-refractivity contribution in [2.75, 3.05) is 17.6 Å². The predicted molar refractivity (Wildman–Crippen MR) is 88.0 cm³/mol. The monoisotopic (exact) mass is 283 g/mol. The van der Waals surface area contributed by atoms with Gasteiger partial charge >= 0.3 is 0 Å². The first-order valence-corrected chi connectivity index (χ1v) is 7.18. The van der Waals surface area contributed by atoms with Gasteiger partial charge in [0.1, 0.15) is 0 Å². The van der Waals surface area contributed by atoms with E-state index in [2.05, 4.69) is 23.6 Å². The fraction of sp³-hybridized carbons (Fsp3) is 0.235. The zero-order valence-corrected chi connectivity index (χ0v) is 12.4. The quantitative estimate of drug-likeness (QED) is 0.737. The van der Waals surface area contributed by atoms with Gasteiger partial charge in [-0.25, -0.2) is 0 Å². The molecule has 0 aliphatic carbocycles. The number of benzene rings is 2. The third kappa shape index (κ3) is 3.54. The Labute approximate surface area is 125 Å². The number of amides is 1. The smallest absolute Gasteiger partial charge is 0.251 e. The summed E-state index contributed by atoms with van der Waals surface area (Å²) in [5, 5.41) is 6.09. The van der Waals surface area contributed by atoms with Crippen LogP contribution in [-0.4, -0.2) is 12.5 Å². The fourth-order valence-electron chi connectivity index (χ4n) is 2.18. The van der Waals surface area contributed by atoms with Crippen LogP contribution in [0, 0.1) is 0 Å². The molecule has 2 aromatic rings. The SMILES string of the molecule is CCNC(=O)c1ccc(Nc2ccccc2CC)c(N)c1. The molecule has 4 N–H and O–H groups in total. The number of carbonyl (C=O) groups excluding carboxylic acids is 1. The van der Waals surface area contributed by atoms with E-state index in [-0.39, 0.29) is 5.91 Å². The van der Waals surface area contributed by atoms with Crippen LogP contribution in [0.3, 0.4) is 0 Å². The summed E-state index contributed by atoms with van der Waals surface area (Å²) in [6.07, 6.45) is 0.945. The van der Waals surface area contributed by atoms with E-state index in [0.717, 1.165) is 17.8 Å². The van der Waals surface area contributed by atoms with E-state index < -0.39 is 0 Å². The van der Waals surface area contributed by atoms with E-state index in [4.69, 9.17) is 5.73 Å². The normalized spacial score (nSPS) is 10.2. The number of rotatable bonds is 5. The van der Waals surface area contributed by atoms with Crippen molar-refractivity contribution in [3.05, 3.63) is 53.6 Å². The minimum Gasteiger partial charge on any atom is -0.397 e. The van der Waals surface area contributed by atoms with Crippen molar-refractivity contribution in [1.29, 1.82) is 0 Å². The lowest BCUT2D eigenvalue weighted by molar-refractivity contribution is 0.0956. The number of aryl methyl sites for hydroxylation is 1. The van der Waals surface area contributed by atoms with E-state index in [1.807, 2.05) is 31.2 Å². The van der Waals surface area contributed by atoms with E-state index in [9.17, 15) is 4.79 Å². The van der Waals surface area contributed by atoms with E-state index in [0.29, 0.717) is 17.8 Å². The fourth-order valence-corrected chi connectivity index (χ4v) is 2.18. The summed E-state index contributed by atoms with van der Waals surface area (Å²) in [7, 11) is 0. The molecule has 0 aromatic heterocycles. The molecule has 110 valence electrons. The molecule has 0 saturated carbocycles. The number of para-hydroxylation sites is 1. The van der Waals surface area contributed by atoms with Gasteiger partial charge in [-0.2, -0.15) is 0 Å². The summed E-state index contributed by atoms with van der Waals surface area (Å²) in [5.74, 6) is -0.107. The Kier molecular flexibility index (Phi) is 4.82. The van der Waals surface area contributed by atoms with Crippen LogP contribution in [-0.2, 0) is 6.42 Å². The molecule has 4 nitrogen and oxygen atoms in total. The molecular formula is C17H21N3O. The van der Waals surface area contributed by atoms with Gasteiger partial charge in [0.2, 0.25) is 0 Å². The second-order valence-corrected chi connectivity index (χ2v) is 4.80. The van der Waals surface area contributed by atoms with Crippen LogP contribution in [0.2, 0.25) is 0 Å². The predicted octanol–water partition coefficient (Wildman–Crippen LogP) is 3.32. The van der Waals surface area contributed by atoms with Gasteiger partial charge in [-0.05, 0) is 43.2 Å². The van der Waals surface area contributed by atoms with Gasteiger partial charge < -0.3 is 16.4 Å². The van der Waals surface area contributed by atoms with Crippen molar-refractivity contribution in [3.63, 3.8) is 0 Å². The Morgan fingerprint density at radius 1 is 1.10 bits per heavy atom. The molecule has 2 rings (SSSR count). The summed E-state index contributed by atoms with van der Waals surface area (Å²) < 4.78 is 0. The Balaban J connectivity index is 2.23. The third-order valence-corrected chi connectivity index (χ3v) is 3.32. The van der Waals surface area contributed by atoms with Crippen LogP contribution in [0.15, 0.2) is 42.5 Å². The van der Waals surface area contributed by atoms with Crippen LogP contribution in [0.1, 0.15) is 29.8 Å². The molecule has 0 spiro atoms. The van der Waals surface area contributed by atoms with Gasteiger partial charge in [-0.15, -0.1) is 0 Å². The molecule has 0 aliphatic heterocycles. The van der Waals surface area contributed by atoms with Gasteiger partial charge in [-0.3, -0.25) is 4.79 Å². The minimum absolute atomic E-state index is 0.107. The number of anilines is 3. The lowest BCUT2D eigenvalue weighted by Gasteiger charge is -2.13. The molecular weight excluding hydrogens is 262 g/mol. The van der Waals surface area contributed by atoms with Gasteiger partial charge in [-0.1, -0.05) is 25.1 Å². The number of nitrogen functional groups attached to an aromatic ring is 1. The Morgan fingerprint density at radius 2 is 1.86 bits per heavy atom. The second-order valence-electron chi connectivity index (χ2n) is 4.80. The van der Waals surface area contributed by atoms with Crippen molar-refractivity contribution >= 4 is 23.0 Å². The first kappa shape index (κ1) is 14.9. The zero-order chi connectivity index (χ0) is 15.2. The molecule has 0 radical (unpaired) electrons. The van der Waals surface area contributed by atoms with Crippen molar-refractivity contribution in [2.24, 2.45) is 0 Å². The van der Waals surface area contributed by atoms with E-state index in [1.54, 1.807) is 12.1 Å². The Bertz CT molecular complexity index is 638. The molecule has 1 amide bonds. The summed E-state index contributed by atoms with van der Waals surface area (Å²) in [5.41, 5.74) is 10.3. The number of nitrogens with one attached hydrogen (secondary N) is 2. The van der Waals surface area contributed by atoms with E-state index >= 15 is 0 Å². The lowest BCUT2D eigenvalue weighted by Crippen LogP contribution is -2.22. The largest absolute Gasteiger partial charge is 0.397 e. The average Bonchev–Trinajstić information content (AvgIpc) is 2.50. The molecule has 0 bridgehead atoms. The van der Waals surface area contributed by atoms with E-state index in [1.165, 1.54) is 5.56 Å². The Morgan fingerprint density at radius 3 is 2.52 bits per heavy atom. The highest BCUT2D eigenvalue weighted by molar-refractivity contribution is 5.96. The molecule has 0 fully saturated rings. The van der Waals surface area contributed by atoms with Crippen molar-refractivity contribution in [3.8, 4) is 0 Å². The summed E-state index contributed by atoms with van der Waals surface area (Å²) in [6, 6.07) is 13.4. The summed E-state index contributed by atoms with van der Waals surface area (Å²) in [6.45, 7) is 4.60. The highest BCUT2D eigenvalue weighted by Crippen LogP contribution is 2.26.